The van der Waals surface area contributed by atoms with E-state index < -0.39 is 0 Å². The molecule has 26 heavy (non-hydrogen) atoms. The zero-order valence-corrected chi connectivity index (χ0v) is 14.2. The van der Waals surface area contributed by atoms with E-state index in [9.17, 15) is 4.39 Å². The van der Waals surface area contributed by atoms with Gasteiger partial charge in [0.05, 0.1) is 17.9 Å². The van der Waals surface area contributed by atoms with Crippen molar-refractivity contribution in [1.82, 2.24) is 15.2 Å². The van der Waals surface area contributed by atoms with Gasteiger partial charge in [0.25, 0.3) is 0 Å². The molecule has 2 aromatic heterocycles. The van der Waals surface area contributed by atoms with Crippen molar-refractivity contribution in [3.05, 3.63) is 60.0 Å². The van der Waals surface area contributed by atoms with Gasteiger partial charge in [-0.1, -0.05) is 26.8 Å². The van der Waals surface area contributed by atoms with Gasteiger partial charge in [-0.05, 0) is 48.4 Å². The van der Waals surface area contributed by atoms with Gasteiger partial charge >= 0.3 is 0 Å². The van der Waals surface area contributed by atoms with Gasteiger partial charge in [0.2, 0.25) is 0 Å². The number of aromatic nitrogens is 3. The fourth-order valence-corrected chi connectivity index (χ4v) is 2.44. The Hall–Kier alpha value is -2.89. The number of H-pyrrole nitrogens is 1. The third-order valence-electron chi connectivity index (χ3n) is 3.83. The number of hydrogen-bond donors (Lipinski definition) is 3. The van der Waals surface area contributed by atoms with E-state index in [4.69, 9.17) is 0 Å². The second kappa shape index (κ2) is 9.56. The highest BCUT2D eigenvalue weighted by Gasteiger charge is 2.04. The topological polar surface area (TPSA) is 65.6 Å². The Balaban J connectivity index is 0.00000243. The second-order valence-electron chi connectivity index (χ2n) is 5.82. The molecule has 0 fully saturated rings. The number of nitrogens with one attached hydrogen (secondary N) is 3. The summed E-state index contributed by atoms with van der Waals surface area (Å²) in [5, 5.41) is 13.8. The Bertz CT molecular complexity index is 798. The van der Waals surface area contributed by atoms with Gasteiger partial charge in [0.1, 0.15) is 17.5 Å². The van der Waals surface area contributed by atoms with E-state index in [2.05, 4.69) is 32.7 Å². The third kappa shape index (κ3) is 5.31. The molecule has 0 amide bonds. The number of halogens is 1. The molecule has 3 N–H and O–H groups in total. The van der Waals surface area contributed by atoms with Gasteiger partial charge < -0.3 is 10.6 Å². The molecule has 0 atom stereocenters. The van der Waals surface area contributed by atoms with Crippen molar-refractivity contribution in [1.29, 1.82) is 0 Å². The lowest BCUT2D eigenvalue weighted by molar-refractivity contribution is 0.628. The van der Waals surface area contributed by atoms with E-state index in [1.807, 2.05) is 24.3 Å². The van der Waals surface area contributed by atoms with Crippen LogP contribution in [0.25, 0.3) is 11.3 Å². The van der Waals surface area contributed by atoms with Crippen LogP contribution in [0, 0.1) is 5.82 Å². The van der Waals surface area contributed by atoms with Crippen molar-refractivity contribution in [2.75, 3.05) is 17.2 Å². The summed E-state index contributed by atoms with van der Waals surface area (Å²) in [6.45, 7) is 3.68. The highest BCUT2D eigenvalue weighted by atomic mass is 19.1. The number of benzene rings is 1. The molecule has 0 bridgehead atoms. The van der Waals surface area contributed by atoms with Crippen LogP contribution in [0.15, 0.2) is 48.5 Å². The maximum Gasteiger partial charge on any atom is 0.148 e. The number of pyridine rings is 1. The number of hydrogen-bond acceptors (Lipinski definition) is 4. The lowest BCUT2D eigenvalue weighted by Crippen LogP contribution is -2.06. The van der Waals surface area contributed by atoms with Crippen LogP contribution < -0.4 is 10.6 Å². The average Bonchev–Trinajstić information content (AvgIpc) is 3.10. The van der Waals surface area contributed by atoms with Gasteiger partial charge in [0.15, 0.2) is 0 Å². The van der Waals surface area contributed by atoms with Crippen LogP contribution in [-0.4, -0.2) is 21.7 Å². The van der Waals surface area contributed by atoms with E-state index in [1.165, 1.54) is 12.1 Å². The van der Waals surface area contributed by atoms with Crippen LogP contribution in [0.3, 0.4) is 0 Å². The fraction of sp³-hybridized carbons (Fsp3) is 0.300. The fourth-order valence-electron chi connectivity index (χ4n) is 2.44. The average molecular weight is 355 g/mol. The summed E-state index contributed by atoms with van der Waals surface area (Å²) in [4.78, 5) is 4.58. The summed E-state index contributed by atoms with van der Waals surface area (Å²) in [7, 11) is 0. The Morgan fingerprint density at radius 1 is 1.04 bits per heavy atom. The van der Waals surface area contributed by atoms with Crippen LogP contribution in [0.4, 0.5) is 16.0 Å². The van der Waals surface area contributed by atoms with Crippen molar-refractivity contribution in [2.45, 2.75) is 33.7 Å². The molecule has 3 aromatic rings. The zero-order chi connectivity index (χ0) is 17.5. The summed E-state index contributed by atoms with van der Waals surface area (Å²) in [5.74, 6) is 1.37. The quantitative estimate of drug-likeness (QED) is 0.494. The van der Waals surface area contributed by atoms with E-state index >= 15 is 0 Å². The largest absolute Gasteiger partial charge is 0.370 e. The maximum atomic E-state index is 13.0. The molecule has 0 unspecified atom stereocenters. The smallest absolute Gasteiger partial charge is 0.148 e. The van der Waals surface area contributed by atoms with Crippen LogP contribution >= 0.6 is 0 Å². The molecule has 0 saturated heterocycles. The Labute approximate surface area is 154 Å². The van der Waals surface area contributed by atoms with Gasteiger partial charge in [0, 0.05) is 12.6 Å². The molecule has 0 spiro atoms. The Kier molecular flexibility index (Phi) is 7.14. The molecule has 0 aliphatic rings. The molecule has 0 saturated carbocycles. The van der Waals surface area contributed by atoms with E-state index in [1.54, 1.807) is 12.1 Å². The number of rotatable bonds is 8. The normalized spacial score (nSPS) is 10.2. The molecule has 1 aromatic carbocycles. The second-order valence-corrected chi connectivity index (χ2v) is 5.82. The number of nitrogens with zero attached hydrogens (tertiary/aromatic N) is 2. The first-order chi connectivity index (χ1) is 12.2. The minimum atomic E-state index is -0.250. The van der Waals surface area contributed by atoms with Gasteiger partial charge in [-0.2, -0.15) is 5.10 Å². The molecule has 5 nitrogen and oxygen atoms in total. The minimum absolute atomic E-state index is 0. The van der Waals surface area contributed by atoms with Crippen molar-refractivity contribution in [3.63, 3.8) is 0 Å². The van der Waals surface area contributed by atoms with Crippen LogP contribution in [0.5, 0.6) is 0 Å². The van der Waals surface area contributed by atoms with E-state index in [0.29, 0.717) is 6.54 Å². The molecule has 0 radical (unpaired) electrons. The Morgan fingerprint density at radius 2 is 1.85 bits per heavy atom. The molecule has 0 aliphatic heterocycles. The molecule has 3 rings (SSSR count). The first kappa shape index (κ1) is 19.4. The molecule has 6 heteroatoms. The summed E-state index contributed by atoms with van der Waals surface area (Å²) in [5.41, 5.74) is 2.67. The van der Waals surface area contributed by atoms with Crippen molar-refractivity contribution < 1.29 is 4.39 Å². The predicted octanol–water partition coefficient (Wildman–Crippen LogP) is 5.07. The summed E-state index contributed by atoms with van der Waals surface area (Å²) in [6.07, 6.45) is 2.29. The molecule has 0 aliphatic carbocycles. The summed E-state index contributed by atoms with van der Waals surface area (Å²) >= 11 is 0. The highest BCUT2D eigenvalue weighted by molar-refractivity contribution is 5.62. The molecular weight excluding hydrogens is 329 g/mol. The number of aromatic amines is 1. The molecular formula is C20H26FN5. The summed E-state index contributed by atoms with van der Waals surface area (Å²) in [6, 6.07) is 14.2. The number of anilines is 2. The SMILES string of the molecule is C.CCCCNc1cccc(CNc2cc(-c3ccc(F)cc3)[nH]n2)n1. The van der Waals surface area contributed by atoms with Gasteiger partial charge in [-0.25, -0.2) is 9.37 Å². The number of unbranched alkanes of at least 4 members (excludes halogenated alkanes) is 1. The molecule has 138 valence electrons. The van der Waals surface area contributed by atoms with Gasteiger partial charge in [-0.3, -0.25) is 5.10 Å². The lowest BCUT2D eigenvalue weighted by Gasteiger charge is -2.07. The molecule has 2 heterocycles. The maximum absolute atomic E-state index is 13.0. The first-order valence-corrected chi connectivity index (χ1v) is 8.49. The third-order valence-corrected chi connectivity index (χ3v) is 3.83. The Morgan fingerprint density at radius 3 is 2.62 bits per heavy atom. The predicted molar refractivity (Wildman–Crippen MR) is 106 cm³/mol. The monoisotopic (exact) mass is 355 g/mol. The van der Waals surface area contributed by atoms with E-state index in [0.717, 1.165) is 48.0 Å². The summed E-state index contributed by atoms with van der Waals surface area (Å²) < 4.78 is 13.0. The van der Waals surface area contributed by atoms with Crippen LogP contribution in [0.2, 0.25) is 0 Å². The zero-order valence-electron chi connectivity index (χ0n) is 14.2. The standard InChI is InChI=1S/C19H22FN5.CH4/c1-2-3-11-21-18-6-4-5-16(23-18)13-22-19-12-17(24-25-19)14-7-9-15(20)10-8-14;/h4-10,12H,2-3,11,13H2,1H3,(H,21,23)(H2,22,24,25);1H4. The lowest BCUT2D eigenvalue weighted by atomic mass is 10.1. The highest BCUT2D eigenvalue weighted by Crippen LogP contribution is 2.20. The van der Waals surface area contributed by atoms with Crippen molar-refractivity contribution in [3.8, 4) is 11.3 Å². The van der Waals surface area contributed by atoms with E-state index in [-0.39, 0.29) is 13.2 Å². The van der Waals surface area contributed by atoms with Crippen LogP contribution in [0.1, 0.15) is 32.9 Å². The van der Waals surface area contributed by atoms with Crippen molar-refractivity contribution in [2.24, 2.45) is 0 Å². The van der Waals surface area contributed by atoms with Crippen LogP contribution in [-0.2, 0) is 6.54 Å². The minimum Gasteiger partial charge on any atom is -0.370 e. The van der Waals surface area contributed by atoms with Crippen molar-refractivity contribution >= 4 is 11.6 Å². The first-order valence-electron chi connectivity index (χ1n) is 8.49. The van der Waals surface area contributed by atoms with Gasteiger partial charge in [-0.15, -0.1) is 0 Å².